The molecule has 6 nitrogen and oxygen atoms in total. The molecule has 0 saturated carbocycles. The topological polar surface area (TPSA) is 70.2 Å². The molecule has 1 fully saturated rings. The minimum Gasteiger partial charge on any atom is -0.355 e. The molecule has 0 spiro atoms. The van der Waals surface area contributed by atoms with Gasteiger partial charge in [0.2, 0.25) is 5.91 Å². The third-order valence-corrected chi connectivity index (χ3v) is 3.21. The SMILES string of the molecule is O=C(CCc1cncnc1)NCCN1CCNCC1. The summed E-state index contributed by atoms with van der Waals surface area (Å²) in [5.41, 5.74) is 1.000. The largest absolute Gasteiger partial charge is 0.355 e. The summed E-state index contributed by atoms with van der Waals surface area (Å²) >= 11 is 0. The van der Waals surface area contributed by atoms with Crippen LogP contribution in [0, 0.1) is 0 Å². The van der Waals surface area contributed by atoms with Crippen molar-refractivity contribution in [2.75, 3.05) is 39.3 Å². The lowest BCUT2D eigenvalue weighted by Crippen LogP contribution is -2.46. The fourth-order valence-electron chi connectivity index (χ4n) is 2.09. The molecule has 0 bridgehead atoms. The van der Waals surface area contributed by atoms with Crippen LogP contribution in [-0.4, -0.2) is 60.0 Å². The average molecular weight is 263 g/mol. The van der Waals surface area contributed by atoms with Crippen LogP contribution in [0.1, 0.15) is 12.0 Å². The molecule has 0 atom stereocenters. The Kier molecular flexibility index (Phi) is 5.71. The Bertz CT molecular complexity index is 378. The van der Waals surface area contributed by atoms with Gasteiger partial charge in [0, 0.05) is 58.1 Å². The Morgan fingerprint density at radius 3 is 2.79 bits per heavy atom. The van der Waals surface area contributed by atoms with Gasteiger partial charge in [-0.2, -0.15) is 0 Å². The van der Waals surface area contributed by atoms with Crippen LogP contribution in [0.15, 0.2) is 18.7 Å². The van der Waals surface area contributed by atoms with Gasteiger partial charge in [0.1, 0.15) is 6.33 Å². The number of carbonyl (C=O) groups excluding carboxylic acids is 1. The van der Waals surface area contributed by atoms with Crippen molar-refractivity contribution >= 4 is 5.91 Å². The van der Waals surface area contributed by atoms with Crippen molar-refractivity contribution in [1.29, 1.82) is 0 Å². The van der Waals surface area contributed by atoms with Crippen LogP contribution < -0.4 is 10.6 Å². The predicted octanol–water partition coefficient (Wildman–Crippen LogP) is -0.569. The first-order chi connectivity index (χ1) is 9.34. The normalized spacial score (nSPS) is 16.2. The number of aromatic nitrogens is 2. The highest BCUT2D eigenvalue weighted by Gasteiger charge is 2.09. The van der Waals surface area contributed by atoms with E-state index in [1.807, 2.05) is 0 Å². The van der Waals surface area contributed by atoms with Crippen molar-refractivity contribution in [3.8, 4) is 0 Å². The standard InChI is InChI=1S/C13H21N5O/c19-13(2-1-12-9-15-11-16-10-12)17-5-8-18-6-3-14-4-7-18/h9-11,14H,1-8H2,(H,17,19). The number of carbonyl (C=O) groups is 1. The summed E-state index contributed by atoms with van der Waals surface area (Å²) in [5, 5.41) is 6.27. The first-order valence-electron chi connectivity index (χ1n) is 6.78. The highest BCUT2D eigenvalue weighted by atomic mass is 16.1. The number of nitrogens with zero attached hydrogens (tertiary/aromatic N) is 3. The molecule has 1 amide bonds. The molecular weight excluding hydrogens is 242 g/mol. The van der Waals surface area contributed by atoms with Crippen molar-refractivity contribution in [1.82, 2.24) is 25.5 Å². The quantitative estimate of drug-likeness (QED) is 0.719. The molecule has 1 aliphatic heterocycles. The number of nitrogens with one attached hydrogen (secondary N) is 2. The van der Waals surface area contributed by atoms with Crippen LogP contribution in [0.25, 0.3) is 0 Å². The Labute approximate surface area is 113 Å². The fraction of sp³-hybridized carbons (Fsp3) is 0.615. The third-order valence-electron chi connectivity index (χ3n) is 3.21. The lowest BCUT2D eigenvalue weighted by atomic mass is 10.2. The van der Waals surface area contributed by atoms with E-state index in [1.54, 1.807) is 12.4 Å². The van der Waals surface area contributed by atoms with E-state index in [0.29, 0.717) is 12.8 Å². The van der Waals surface area contributed by atoms with Crippen molar-refractivity contribution in [3.05, 3.63) is 24.3 Å². The first-order valence-corrected chi connectivity index (χ1v) is 6.78. The average Bonchev–Trinajstić information content (AvgIpc) is 2.47. The predicted molar refractivity (Wildman–Crippen MR) is 72.7 cm³/mol. The molecule has 1 aromatic rings. The number of amides is 1. The highest BCUT2D eigenvalue weighted by Crippen LogP contribution is 1.98. The van der Waals surface area contributed by atoms with Gasteiger partial charge in [-0.25, -0.2) is 9.97 Å². The number of hydrogen-bond acceptors (Lipinski definition) is 5. The van der Waals surface area contributed by atoms with Crippen molar-refractivity contribution in [2.24, 2.45) is 0 Å². The van der Waals surface area contributed by atoms with Crippen LogP contribution in [0.4, 0.5) is 0 Å². The van der Waals surface area contributed by atoms with Crippen LogP contribution in [0.2, 0.25) is 0 Å². The van der Waals surface area contributed by atoms with Gasteiger partial charge < -0.3 is 10.6 Å². The third kappa shape index (κ3) is 5.32. The van der Waals surface area contributed by atoms with E-state index >= 15 is 0 Å². The minimum atomic E-state index is 0.0963. The minimum absolute atomic E-state index is 0.0963. The Morgan fingerprint density at radius 2 is 2.05 bits per heavy atom. The van der Waals surface area contributed by atoms with Crippen LogP contribution in [-0.2, 0) is 11.2 Å². The molecule has 1 aliphatic rings. The van der Waals surface area contributed by atoms with Gasteiger partial charge in [-0.3, -0.25) is 9.69 Å². The van der Waals surface area contributed by atoms with Gasteiger partial charge >= 0.3 is 0 Å². The van der Waals surface area contributed by atoms with Crippen molar-refractivity contribution in [2.45, 2.75) is 12.8 Å². The maximum absolute atomic E-state index is 11.7. The summed E-state index contributed by atoms with van der Waals surface area (Å²) in [4.78, 5) is 21.9. The van der Waals surface area contributed by atoms with Gasteiger partial charge in [0.05, 0.1) is 0 Å². The van der Waals surface area contributed by atoms with Crippen molar-refractivity contribution < 1.29 is 4.79 Å². The summed E-state index contributed by atoms with van der Waals surface area (Å²) in [6.07, 6.45) is 6.19. The zero-order valence-corrected chi connectivity index (χ0v) is 11.1. The van der Waals surface area contributed by atoms with Crippen molar-refractivity contribution in [3.63, 3.8) is 0 Å². The molecule has 104 valence electrons. The zero-order chi connectivity index (χ0) is 13.3. The lowest BCUT2D eigenvalue weighted by molar-refractivity contribution is -0.121. The van der Waals surface area contributed by atoms with E-state index < -0.39 is 0 Å². The zero-order valence-electron chi connectivity index (χ0n) is 11.1. The molecule has 0 aliphatic carbocycles. The maximum Gasteiger partial charge on any atom is 0.220 e. The van der Waals surface area contributed by atoms with Crippen LogP contribution in [0.5, 0.6) is 0 Å². The van der Waals surface area contributed by atoms with Gasteiger partial charge in [-0.05, 0) is 12.0 Å². The second-order valence-corrected chi connectivity index (χ2v) is 4.69. The smallest absolute Gasteiger partial charge is 0.220 e. The van der Waals surface area contributed by atoms with Gasteiger partial charge in [0.25, 0.3) is 0 Å². The molecule has 1 aromatic heterocycles. The van der Waals surface area contributed by atoms with E-state index in [2.05, 4.69) is 25.5 Å². The van der Waals surface area contributed by atoms with E-state index in [0.717, 1.165) is 44.8 Å². The van der Waals surface area contributed by atoms with E-state index in [1.165, 1.54) is 6.33 Å². The Balaban J connectivity index is 1.57. The highest BCUT2D eigenvalue weighted by molar-refractivity contribution is 5.76. The fourth-order valence-corrected chi connectivity index (χ4v) is 2.09. The first kappa shape index (κ1) is 13.9. The Hall–Kier alpha value is -1.53. The number of aryl methyl sites for hydroxylation is 1. The van der Waals surface area contributed by atoms with Gasteiger partial charge in [-0.1, -0.05) is 0 Å². The van der Waals surface area contributed by atoms with Gasteiger partial charge in [-0.15, -0.1) is 0 Å². The summed E-state index contributed by atoms with van der Waals surface area (Å²) < 4.78 is 0. The molecule has 1 saturated heterocycles. The number of hydrogen-bond donors (Lipinski definition) is 2. The molecule has 0 radical (unpaired) electrons. The van der Waals surface area contributed by atoms with Crippen LogP contribution in [0.3, 0.4) is 0 Å². The number of piperazine rings is 1. The molecule has 0 unspecified atom stereocenters. The second-order valence-electron chi connectivity index (χ2n) is 4.69. The van der Waals surface area contributed by atoms with E-state index in [9.17, 15) is 4.79 Å². The number of rotatable bonds is 6. The molecule has 2 heterocycles. The molecule has 0 aromatic carbocycles. The van der Waals surface area contributed by atoms with E-state index in [-0.39, 0.29) is 5.91 Å². The summed E-state index contributed by atoms with van der Waals surface area (Å²) in [5.74, 6) is 0.0963. The van der Waals surface area contributed by atoms with Crippen LogP contribution >= 0.6 is 0 Å². The molecule has 2 N–H and O–H groups in total. The van der Waals surface area contributed by atoms with Gasteiger partial charge in [0.15, 0.2) is 0 Å². The molecule has 6 heteroatoms. The second kappa shape index (κ2) is 7.81. The summed E-state index contributed by atoms with van der Waals surface area (Å²) in [6, 6.07) is 0. The molecular formula is C13H21N5O. The van der Waals surface area contributed by atoms with E-state index in [4.69, 9.17) is 0 Å². The molecule has 2 rings (SSSR count). The monoisotopic (exact) mass is 263 g/mol. The maximum atomic E-state index is 11.7. The molecule has 19 heavy (non-hydrogen) atoms. The Morgan fingerprint density at radius 1 is 1.32 bits per heavy atom. The summed E-state index contributed by atoms with van der Waals surface area (Å²) in [6.45, 7) is 5.88. The lowest BCUT2D eigenvalue weighted by Gasteiger charge is -2.27. The summed E-state index contributed by atoms with van der Waals surface area (Å²) in [7, 11) is 0.